The van der Waals surface area contributed by atoms with Gasteiger partial charge in [0.25, 0.3) is 35.4 Å². The Morgan fingerprint density at radius 1 is 0.467 bits per heavy atom. The van der Waals surface area contributed by atoms with Crippen LogP contribution in [0.15, 0.2) is 54.6 Å². The van der Waals surface area contributed by atoms with Crippen molar-refractivity contribution < 1.29 is 81.0 Å². The quantitative estimate of drug-likeness (QED) is 0.0650. The summed E-state index contributed by atoms with van der Waals surface area (Å²) in [6, 6.07) is 10.7. The second-order valence-electron chi connectivity index (χ2n) is 23.4. The Hall–Kier alpha value is -9.51. The van der Waals surface area contributed by atoms with Crippen LogP contribution in [-0.2, 0) is 38.2 Å². The lowest BCUT2D eigenvalue weighted by Crippen LogP contribution is -2.54. The fourth-order valence-electron chi connectivity index (χ4n) is 10.0. The second kappa shape index (κ2) is 31.1. The maximum atomic E-state index is 13.7. The van der Waals surface area contributed by atoms with Gasteiger partial charge in [0.15, 0.2) is 0 Å². The van der Waals surface area contributed by atoms with Crippen molar-refractivity contribution in [3.63, 3.8) is 0 Å². The number of nitrogens with two attached hydrogens (primary N) is 2. The Balaban J connectivity index is 0.000000200. The minimum atomic E-state index is -1.07. The van der Waals surface area contributed by atoms with E-state index in [4.69, 9.17) is 20.9 Å². The number of halogens is 1. The lowest BCUT2D eigenvalue weighted by molar-refractivity contribution is -0.137. The van der Waals surface area contributed by atoms with Crippen LogP contribution >= 0.6 is 0 Å². The number of nitrogens with zero attached hydrogens (tertiary/aromatic N) is 3. The van der Waals surface area contributed by atoms with Crippen molar-refractivity contribution in [2.45, 2.75) is 148 Å². The molecule has 14 amide bonds. The Kier molecular flexibility index (Phi) is 24.0. The molecular formula is C61H77FN12O16. The maximum Gasteiger partial charge on any atom is 0.407 e. The predicted octanol–water partition coefficient (Wildman–Crippen LogP) is 3.52. The molecule has 3 saturated heterocycles. The van der Waals surface area contributed by atoms with Crippen LogP contribution in [0.2, 0.25) is 0 Å². The van der Waals surface area contributed by atoms with E-state index in [-0.39, 0.29) is 83.9 Å². The van der Waals surface area contributed by atoms with E-state index in [1.54, 1.807) is 57.2 Å². The number of carbonyl (C=O) groups is 14. The number of carbonyl (C=O) groups excluding carboxylic acids is 14. The van der Waals surface area contributed by atoms with Crippen molar-refractivity contribution in [2.75, 3.05) is 49.9 Å². The number of alkyl carbamates (subject to hydrolysis) is 2. The average molecular weight is 1250 g/mol. The molecule has 0 aromatic heterocycles. The van der Waals surface area contributed by atoms with Crippen LogP contribution in [0.25, 0.3) is 0 Å². The number of rotatable bonds is 18. The predicted molar refractivity (Wildman–Crippen MR) is 321 cm³/mol. The summed E-state index contributed by atoms with van der Waals surface area (Å²) in [5, 5.41) is 18.1. The van der Waals surface area contributed by atoms with E-state index in [9.17, 15) is 71.5 Å². The van der Waals surface area contributed by atoms with Crippen LogP contribution in [0.4, 0.5) is 25.4 Å². The molecule has 6 aliphatic rings. The first kappa shape index (κ1) is 69.6. The van der Waals surface area contributed by atoms with Gasteiger partial charge in [-0.3, -0.25) is 88.2 Å². The van der Waals surface area contributed by atoms with Gasteiger partial charge < -0.3 is 42.2 Å². The largest absolute Gasteiger partial charge is 0.444 e. The number of fused-ring (bicyclic) bond motifs is 3. The molecule has 0 aliphatic carbocycles. The average Bonchev–Trinajstić information content (AvgIpc) is 1.64. The minimum Gasteiger partial charge on any atom is -0.444 e. The topological polar surface area (TPSA) is 403 Å². The molecule has 0 radical (unpaired) electrons. The summed E-state index contributed by atoms with van der Waals surface area (Å²) in [7, 11) is 0. The molecule has 11 N–H and O–H groups in total. The molecule has 0 saturated carbocycles. The Morgan fingerprint density at radius 2 is 0.778 bits per heavy atom. The van der Waals surface area contributed by atoms with Crippen molar-refractivity contribution in [1.29, 1.82) is 0 Å². The van der Waals surface area contributed by atoms with Gasteiger partial charge in [-0.2, -0.15) is 0 Å². The van der Waals surface area contributed by atoms with E-state index < -0.39 is 106 Å². The van der Waals surface area contributed by atoms with Crippen molar-refractivity contribution >= 4 is 94.4 Å². The fraction of sp³-hybridized carbons (Fsp3) is 0.475. The number of piperidine rings is 3. The normalized spacial score (nSPS) is 18.5. The lowest BCUT2D eigenvalue weighted by atomic mass is 10.0. The highest BCUT2D eigenvalue weighted by Crippen LogP contribution is 2.35. The monoisotopic (exact) mass is 1250 g/mol. The van der Waals surface area contributed by atoms with Crippen molar-refractivity contribution in [3.05, 3.63) is 93.8 Å². The van der Waals surface area contributed by atoms with E-state index in [0.717, 1.165) is 46.4 Å². The third kappa shape index (κ3) is 17.9. The van der Waals surface area contributed by atoms with Crippen LogP contribution in [0.1, 0.15) is 181 Å². The lowest BCUT2D eigenvalue weighted by Gasteiger charge is -2.27. The summed E-state index contributed by atoms with van der Waals surface area (Å²) in [5.74, 6) is -7.63. The van der Waals surface area contributed by atoms with Gasteiger partial charge in [0, 0.05) is 56.8 Å². The third-order valence-electron chi connectivity index (χ3n) is 14.2. The number of ether oxygens (including phenoxy) is 2. The van der Waals surface area contributed by atoms with Crippen molar-refractivity contribution in [3.8, 4) is 0 Å². The highest BCUT2D eigenvalue weighted by atomic mass is 19.1. The van der Waals surface area contributed by atoms with Gasteiger partial charge in [0.2, 0.25) is 35.4 Å². The van der Waals surface area contributed by atoms with Crippen molar-refractivity contribution in [1.82, 2.24) is 41.3 Å². The summed E-state index contributed by atoms with van der Waals surface area (Å²) in [4.78, 5) is 171. The van der Waals surface area contributed by atoms with Gasteiger partial charge in [-0.05, 0) is 149 Å². The van der Waals surface area contributed by atoms with E-state index in [1.165, 1.54) is 12.1 Å². The summed E-state index contributed by atoms with van der Waals surface area (Å²) in [6.07, 6.45) is 4.63. The number of amides is 14. The summed E-state index contributed by atoms with van der Waals surface area (Å²) >= 11 is 0. The van der Waals surface area contributed by atoms with Crippen LogP contribution in [0.3, 0.4) is 0 Å². The molecule has 6 aliphatic heterocycles. The molecule has 3 unspecified atom stereocenters. The maximum absolute atomic E-state index is 13.7. The van der Waals surface area contributed by atoms with E-state index >= 15 is 0 Å². The van der Waals surface area contributed by atoms with E-state index in [0.29, 0.717) is 63.5 Å². The Morgan fingerprint density at radius 3 is 1.11 bits per heavy atom. The highest BCUT2D eigenvalue weighted by Gasteiger charge is 2.48. The molecule has 3 atom stereocenters. The van der Waals surface area contributed by atoms with Crippen LogP contribution in [0, 0.1) is 5.82 Å². The van der Waals surface area contributed by atoms with Gasteiger partial charge in [-0.15, -0.1) is 0 Å². The summed E-state index contributed by atoms with van der Waals surface area (Å²) < 4.78 is 23.9. The molecule has 3 fully saturated rings. The first-order valence-corrected chi connectivity index (χ1v) is 29.6. The van der Waals surface area contributed by atoms with E-state index in [1.807, 2.05) is 20.8 Å². The molecule has 29 heteroatoms. The Labute approximate surface area is 518 Å². The molecule has 484 valence electrons. The van der Waals surface area contributed by atoms with E-state index in [2.05, 4.69) is 37.2 Å². The zero-order chi connectivity index (χ0) is 66.2. The smallest absolute Gasteiger partial charge is 0.407 e. The Bertz CT molecular complexity index is 3320. The number of hydrogen-bond acceptors (Lipinski definition) is 20. The SMILES string of the molecule is CC(C)(C)OC(=O)NCCCCN.CC(C)(C)OC(=O)NCCCCNc1cccc2c1C(=O)N(C1CCC(=O)NC1=O)C2=O.NCCCCNc1cccc2c1C(=O)N(C1CCC(=O)NC1=O)C2=O.O=C1CCC(N2C(=O)c3cccc(F)c3C2=O)C(=O)N1. The molecule has 90 heavy (non-hydrogen) atoms. The minimum absolute atomic E-state index is 0.0340. The zero-order valence-corrected chi connectivity index (χ0v) is 51.1. The van der Waals surface area contributed by atoms with Crippen LogP contribution < -0.4 is 48.7 Å². The number of anilines is 2. The standard InChI is InChI=1S/C22H28N4O6.C17H20N4O4.C13H9FN2O4.C9H20N2O2/c1-22(2,3)32-21(31)24-12-5-4-11-23-14-8-6-7-13-17(14)20(30)26(19(13)29)15-9-10-16(27)25-18(15)28;18-8-1-2-9-19-11-5-3-4-10-14(11)17(25)21(16(10)24)12-6-7-13(22)20-15(12)23;14-7-3-1-2-6-10(7)13(20)16(12(6)19)8-4-5-9(17)15-11(8)18;1-9(2,3)13-8(12)11-7-5-4-6-10/h6-8,15,23H,4-5,9-12H2,1-3H3,(H,24,31)(H,25,27,28);3-5,12,19H,1-2,6-9,18H2,(H,20,22,23);1-3,8H,4-5H2,(H,15,17,18);4-7,10H2,1-3H3,(H,11,12). The summed E-state index contributed by atoms with van der Waals surface area (Å²) in [6.45, 7) is 14.4. The molecule has 28 nitrogen and oxygen atoms in total. The summed E-state index contributed by atoms with van der Waals surface area (Å²) in [5.41, 5.74) is 11.5. The fourth-order valence-corrected chi connectivity index (χ4v) is 10.0. The molecule has 0 spiro atoms. The zero-order valence-electron chi connectivity index (χ0n) is 51.1. The van der Waals surface area contributed by atoms with Gasteiger partial charge in [-0.25, -0.2) is 14.0 Å². The second-order valence-corrected chi connectivity index (χ2v) is 23.4. The highest BCUT2D eigenvalue weighted by molar-refractivity contribution is 6.27. The number of benzene rings is 3. The molecule has 3 aromatic rings. The number of imide groups is 6. The molecular weight excluding hydrogens is 1180 g/mol. The third-order valence-corrected chi connectivity index (χ3v) is 14.2. The van der Waals surface area contributed by atoms with Crippen LogP contribution in [0.5, 0.6) is 0 Å². The molecule has 0 bridgehead atoms. The molecule has 9 rings (SSSR count). The van der Waals surface area contributed by atoms with Gasteiger partial charge in [-0.1, -0.05) is 18.2 Å². The van der Waals surface area contributed by atoms with Gasteiger partial charge in [0.05, 0.1) is 33.4 Å². The number of hydrogen-bond donors (Lipinski definition) is 9. The first-order valence-electron chi connectivity index (χ1n) is 29.6. The first-order chi connectivity index (χ1) is 42.6. The van der Waals surface area contributed by atoms with Gasteiger partial charge >= 0.3 is 12.2 Å². The number of nitrogens with one attached hydrogen (secondary N) is 7. The van der Waals surface area contributed by atoms with Crippen molar-refractivity contribution in [2.24, 2.45) is 11.5 Å². The molecule has 3 aromatic carbocycles. The molecule has 6 heterocycles. The van der Waals surface area contributed by atoms with Gasteiger partial charge in [0.1, 0.15) is 35.1 Å². The van der Waals surface area contributed by atoms with Crippen LogP contribution in [-0.4, -0.2) is 166 Å². The number of unbranched alkanes of at least 4 members (excludes halogenated alkanes) is 3.